The van der Waals surface area contributed by atoms with Crippen molar-refractivity contribution in [1.82, 2.24) is 47.8 Å². The number of thioether (sulfide) groups is 1. The van der Waals surface area contributed by atoms with Gasteiger partial charge in [0, 0.05) is 61.9 Å². The third-order valence-corrected chi connectivity index (χ3v) is 17.4. The first-order valence-electron chi connectivity index (χ1n) is 38.0. The van der Waals surface area contributed by atoms with Crippen LogP contribution in [0, 0.1) is 5.41 Å². The Kier molecular flexibility index (Phi) is 35.3. The molecule has 53 heteroatoms. The van der Waals surface area contributed by atoms with Crippen LogP contribution in [0.25, 0.3) is 0 Å². The Bertz CT molecular complexity index is 4720. The molecule has 20 atom stereocenters. The number of anilines is 5. The molecule has 20 N–H and O–H groups in total. The van der Waals surface area contributed by atoms with Crippen molar-refractivity contribution in [3.8, 4) is 0 Å². The Morgan fingerprint density at radius 1 is 0.454 bits per heavy atom. The van der Waals surface area contributed by atoms with Crippen LogP contribution >= 0.6 is 11.8 Å². The number of hydrogen-bond acceptors (Lipinski definition) is 48. The summed E-state index contributed by atoms with van der Waals surface area (Å²) in [7, 11) is 0. The molecule has 5 aliphatic heterocycles. The summed E-state index contributed by atoms with van der Waals surface area (Å²) in [5.41, 5.74) is 3.00. The molecule has 5 aromatic rings. The van der Waals surface area contributed by atoms with Crippen molar-refractivity contribution in [3.63, 3.8) is 0 Å². The topological polar surface area (TPSA) is 734 Å². The van der Waals surface area contributed by atoms with Gasteiger partial charge in [-0.25, -0.2) is 28.8 Å². The average Bonchev–Trinajstić information content (AvgIpc) is 1.63. The van der Waals surface area contributed by atoms with E-state index in [1.54, 1.807) is 55.1 Å². The highest BCUT2D eigenvalue weighted by Gasteiger charge is 2.49. The van der Waals surface area contributed by atoms with Crippen LogP contribution in [-0.2, 0) is 76.0 Å². The van der Waals surface area contributed by atoms with E-state index < -0.39 is 187 Å². The molecular weight excluding hydrogens is 1630 g/mol. The number of esters is 3. The minimum absolute atomic E-state index is 0.0292. The summed E-state index contributed by atoms with van der Waals surface area (Å²) in [4.78, 5) is 133. The summed E-state index contributed by atoms with van der Waals surface area (Å²) in [5.74, 6) is -2.02. The van der Waals surface area contributed by atoms with Crippen molar-refractivity contribution in [3.05, 3.63) is 114 Å². The Morgan fingerprint density at radius 2 is 0.739 bits per heavy atom. The second-order valence-corrected chi connectivity index (χ2v) is 27.4. The zero-order valence-electron chi connectivity index (χ0n) is 69.4. The number of rotatable bonds is 29. The Balaban J connectivity index is 0.000000240. The highest BCUT2D eigenvalue weighted by atomic mass is 32.2. The molecule has 5 fully saturated rings. The van der Waals surface area contributed by atoms with Crippen LogP contribution in [0.4, 0.5) is 33.9 Å². The van der Waals surface area contributed by atoms with E-state index in [1.165, 1.54) is 24.3 Å². The fourth-order valence-electron chi connectivity index (χ4n) is 10.1. The van der Waals surface area contributed by atoms with Crippen LogP contribution in [0.1, 0.15) is 113 Å². The summed E-state index contributed by atoms with van der Waals surface area (Å²) in [5, 5.41) is 144. The number of aromatic nitrogens is 10. The predicted octanol–water partition coefficient (Wildman–Crippen LogP) is -4.96. The van der Waals surface area contributed by atoms with Gasteiger partial charge in [0.05, 0.1) is 32.8 Å². The van der Waals surface area contributed by atoms with Crippen molar-refractivity contribution in [2.24, 2.45) is 5.41 Å². The first kappa shape index (κ1) is 90.0. The van der Waals surface area contributed by atoms with Gasteiger partial charge in [-0.05, 0) is 50.6 Å². The molecule has 0 unspecified atom stereocenters. The summed E-state index contributed by atoms with van der Waals surface area (Å²) in [6.07, 6.45) is -29.1. The maximum Gasteiger partial charge on any atom is 0.510 e. The van der Waals surface area contributed by atoms with Gasteiger partial charge >= 0.3 is 52.5 Å². The monoisotopic (exact) mass is 1730 g/mol. The molecule has 119 heavy (non-hydrogen) atoms. The van der Waals surface area contributed by atoms with E-state index >= 15 is 0 Å². The maximum absolute atomic E-state index is 12.0. The van der Waals surface area contributed by atoms with Gasteiger partial charge in [0.2, 0.25) is 0 Å². The molecule has 0 radical (unpaired) electrons. The number of carbonyl (C=O) groups excluding carboxylic acids is 5. The van der Waals surface area contributed by atoms with E-state index in [0.29, 0.717) is 35.0 Å². The number of hydrogen-bond donors (Lipinski definition) is 20. The van der Waals surface area contributed by atoms with Gasteiger partial charge in [-0.15, -0.1) is 0 Å². The Hall–Kier alpha value is -9.78. The molecule has 10 heterocycles. The van der Waals surface area contributed by atoms with Crippen molar-refractivity contribution in [2.75, 3.05) is 79.6 Å². The highest BCUT2D eigenvalue weighted by Crippen LogP contribution is 2.34. The molecule has 0 aliphatic carbocycles. The minimum Gasteiger partial charge on any atom is -0.463 e. The molecule has 664 valence electrons. The van der Waals surface area contributed by atoms with E-state index in [4.69, 9.17) is 80.3 Å². The lowest BCUT2D eigenvalue weighted by Crippen LogP contribution is -2.36. The van der Waals surface area contributed by atoms with Crippen LogP contribution in [0.15, 0.2) is 85.3 Å². The van der Waals surface area contributed by atoms with E-state index in [2.05, 4.69) is 34.4 Å². The first-order valence-corrected chi connectivity index (χ1v) is 36.5. The van der Waals surface area contributed by atoms with Gasteiger partial charge in [-0.3, -0.25) is 95.5 Å². The predicted molar refractivity (Wildman–Crippen MR) is 394 cm³/mol. The Labute approximate surface area is 682 Å². The zero-order chi connectivity index (χ0) is 92.9. The second kappa shape index (κ2) is 46.7. The normalized spacial score (nSPS) is 30.4. The molecule has 5 aliphatic rings. The molecule has 10 rings (SSSR count). The fraction of sp³-hybridized carbons (Fsp3) is 0.621. The number of carbonyl (C=O) groups is 5. The third kappa shape index (κ3) is 27.6. The zero-order valence-corrected chi connectivity index (χ0v) is 65.2. The average molecular weight is 1730 g/mol. The van der Waals surface area contributed by atoms with Crippen molar-refractivity contribution in [1.29, 1.82) is 0 Å². The van der Waals surface area contributed by atoms with E-state index in [9.17, 15) is 99.0 Å². The smallest absolute Gasteiger partial charge is 0.463 e. The number of aliphatic hydroxyl groups excluding tert-OH is 10. The van der Waals surface area contributed by atoms with Gasteiger partial charge in [0.25, 0.3) is 0 Å². The SMILES string of the molecule is [2H][C@@]1(n2ccc(NO)nc2=O)O[C@H](COC(=O)CC)[C@@H](O)[C@H]1O.[2H][C@@]1(n2ccc(NO)nc2=O)O[C@H](COC(=O)CCC)[C@@H](O)[C@H]1O.[2H][C@@]1(n2ccc(NO)nc2=O)O[C@H](COC(C)=O)[C@@H](O)[C@H]1O.[2H][C@@]1(n2ccc(NO)nc2=O)O[C@H](COCCSC(=O)C(C)(C)C)[C@@H](O)[C@H]1O.[2H][C@@]1(n2ccc(NO)nc2=O)O[C@H](COCOC(=O)OC(C)C)[C@@H](O)[C@H]1O. The van der Waals surface area contributed by atoms with Crippen LogP contribution in [0.3, 0.4) is 0 Å². The maximum atomic E-state index is 12.0. The van der Waals surface area contributed by atoms with Gasteiger partial charge in [0.1, 0.15) is 111 Å². The quantitative estimate of drug-likeness (QED) is 0.00701. The van der Waals surface area contributed by atoms with Crippen LogP contribution < -0.4 is 55.8 Å². The molecule has 0 spiro atoms. The van der Waals surface area contributed by atoms with Crippen LogP contribution in [0.5, 0.6) is 0 Å². The van der Waals surface area contributed by atoms with Crippen LogP contribution in [0.2, 0.25) is 0 Å². The van der Waals surface area contributed by atoms with Gasteiger partial charge in [0.15, 0.2) is 72.0 Å². The number of nitrogens with one attached hydrogen (secondary N) is 5. The van der Waals surface area contributed by atoms with Crippen molar-refractivity contribution >= 4 is 70.0 Å². The van der Waals surface area contributed by atoms with E-state index in [-0.39, 0.29) is 92.8 Å². The van der Waals surface area contributed by atoms with E-state index in [1.807, 2.05) is 20.8 Å². The molecule has 0 aromatic carbocycles. The summed E-state index contributed by atoms with van der Waals surface area (Å²) in [6, 6.07) is 5.88. The molecule has 52 nitrogen and oxygen atoms in total. The standard InChI is InChI=1S/C16H25N3O7S.C14H21N3O9.C13H19N3O7.C12H17N3O7.C11H15N3O7/c1-16(2,3)14(22)27-7-6-25-8-9-11(20)12(21)13(26-9)19-5-4-10(18-24)17-15(19)23;1-7(2)25-14(21)24-6-23-5-8-10(18)11(19)12(26-8)17-4-3-9(16-22)15-13(17)20;1-2-3-9(17)22-6-7-10(18)11(19)12(23-7)16-5-4-8(15-21)14-13(16)20;1-2-8(16)21-5-6-9(17)10(18)11(22-6)15-4-3-7(14-20)13-12(15)19;1-5(15)20-4-6-8(16)9(17)10(21-6)14-3-2-7(13-19)12-11(14)18/h4-5,9,11-13,20-21,24H,6-8H2,1-3H3,(H,17,18,23);3-4,7-8,10-12,18-19,22H,5-6H2,1-2H3,(H,15,16,20);4-5,7,10-12,18-19,21H,2-3,6H2,1H3,(H,14,15,20);3-4,6,9-11,17-18,20H,2,5H2,1H3,(H,13,14,19);2-3,6,8-10,16-17,19H,4H2,1H3,(H,12,13,18)/t9-,11-,12-,13-;8-,10-,11-,12-;7-,10-,11-,12-;6-,9-,10-,11-;6-,8-,9-,10-/m11111/s1/i13D;2*12D;11D;10D. The lowest BCUT2D eigenvalue weighted by Gasteiger charge is -2.17. The number of nitrogens with zero attached hydrogens (tertiary/aromatic N) is 10. The molecule has 5 aromatic heterocycles. The van der Waals surface area contributed by atoms with E-state index in [0.717, 1.165) is 55.7 Å². The van der Waals surface area contributed by atoms with Gasteiger partial charge in [-0.2, -0.15) is 24.9 Å². The molecular formula is C66H97N15O37S. The van der Waals surface area contributed by atoms with Crippen molar-refractivity contribution < 1.29 is 165 Å². The largest absolute Gasteiger partial charge is 0.510 e. The Morgan fingerprint density at radius 3 is 1.00 bits per heavy atom. The van der Waals surface area contributed by atoms with Gasteiger partial charge < -0.3 is 108 Å². The van der Waals surface area contributed by atoms with Gasteiger partial charge in [-0.1, -0.05) is 46.4 Å². The summed E-state index contributed by atoms with van der Waals surface area (Å²) in [6.45, 7) is 11.4. The summed E-state index contributed by atoms with van der Waals surface area (Å²) >= 11 is 1.14. The number of ether oxygens (including phenoxy) is 12. The molecule has 0 saturated carbocycles. The number of aliphatic hydroxyl groups is 10. The molecule has 5 saturated heterocycles. The minimum atomic E-state index is -2.37. The lowest BCUT2D eigenvalue weighted by molar-refractivity contribution is -0.150. The lowest BCUT2D eigenvalue weighted by atomic mass is 10.00. The molecule has 0 bridgehead atoms. The molecule has 0 amide bonds. The highest BCUT2D eigenvalue weighted by molar-refractivity contribution is 8.13. The summed E-state index contributed by atoms with van der Waals surface area (Å²) < 4.78 is 105. The van der Waals surface area contributed by atoms with Crippen LogP contribution in [-0.4, -0.2) is 304 Å². The van der Waals surface area contributed by atoms with Crippen molar-refractivity contribution in [2.45, 2.75) is 203 Å². The fourth-order valence-corrected chi connectivity index (χ4v) is 10.9. The second-order valence-electron chi connectivity index (χ2n) is 26.3. The third-order valence-electron chi connectivity index (χ3n) is 16.2. The first-order chi connectivity index (χ1) is 58.1.